The number of carbonyl (C=O) groups is 2. The van der Waals surface area contributed by atoms with Gasteiger partial charge in [0.1, 0.15) is 5.82 Å². The molecule has 1 heterocycles. The lowest BCUT2D eigenvalue weighted by atomic mass is 10.3. The lowest BCUT2D eigenvalue weighted by Gasteiger charge is -1.96. The number of anilines is 1. The number of nitrogens with zero attached hydrogens (tertiary/aromatic N) is 1. The molecule has 0 saturated heterocycles. The molecule has 2 N–H and O–H groups in total. The zero-order valence-electron chi connectivity index (χ0n) is 6.02. The van der Waals surface area contributed by atoms with E-state index in [-0.39, 0.29) is 5.56 Å². The van der Waals surface area contributed by atoms with Crippen LogP contribution < -0.4 is 5.32 Å². The first-order chi connectivity index (χ1) is 5.74. The summed E-state index contributed by atoms with van der Waals surface area (Å²) in [7, 11) is 0. The molecule has 0 unspecified atom stereocenters. The summed E-state index contributed by atoms with van der Waals surface area (Å²) >= 11 is 0. The van der Waals surface area contributed by atoms with E-state index in [0.29, 0.717) is 12.2 Å². The Hall–Kier alpha value is -1.91. The minimum Gasteiger partial charge on any atom is -0.478 e. The van der Waals surface area contributed by atoms with Crippen LogP contribution in [-0.2, 0) is 4.79 Å². The highest BCUT2D eigenvalue weighted by Gasteiger charge is 2.01. The predicted octanol–water partition coefficient (Wildman–Crippen LogP) is 0.348. The molecule has 0 aliphatic carbocycles. The molecule has 1 aromatic heterocycles. The summed E-state index contributed by atoms with van der Waals surface area (Å²) in [6, 6.07) is 2.78. The van der Waals surface area contributed by atoms with Crippen LogP contribution >= 0.6 is 0 Å². The van der Waals surface area contributed by atoms with Crippen LogP contribution in [0.1, 0.15) is 10.4 Å². The number of carboxylic acids is 1. The normalized spacial score (nSPS) is 9.00. The van der Waals surface area contributed by atoms with Crippen molar-refractivity contribution in [2.75, 3.05) is 5.32 Å². The van der Waals surface area contributed by atoms with Crippen molar-refractivity contribution >= 4 is 18.2 Å². The first-order valence-corrected chi connectivity index (χ1v) is 3.13. The molecule has 62 valence electrons. The summed E-state index contributed by atoms with van der Waals surface area (Å²) in [6.07, 6.45) is 1.65. The van der Waals surface area contributed by atoms with Crippen molar-refractivity contribution in [1.29, 1.82) is 0 Å². The van der Waals surface area contributed by atoms with Gasteiger partial charge >= 0.3 is 5.97 Å². The van der Waals surface area contributed by atoms with E-state index >= 15 is 0 Å². The molecule has 1 rings (SSSR count). The van der Waals surface area contributed by atoms with Gasteiger partial charge in [-0.05, 0) is 12.1 Å². The monoisotopic (exact) mass is 166 g/mol. The number of pyridine rings is 1. The van der Waals surface area contributed by atoms with Crippen LogP contribution in [0.3, 0.4) is 0 Å². The maximum absolute atomic E-state index is 10.3. The molecule has 0 saturated carbocycles. The van der Waals surface area contributed by atoms with Crippen LogP contribution in [0.5, 0.6) is 0 Å². The molecular formula is C7H6N2O3. The van der Waals surface area contributed by atoms with Gasteiger partial charge in [0, 0.05) is 6.20 Å². The fraction of sp³-hybridized carbons (Fsp3) is 0. The highest BCUT2D eigenvalue weighted by atomic mass is 16.4. The second-order valence-electron chi connectivity index (χ2n) is 2.00. The van der Waals surface area contributed by atoms with Crippen molar-refractivity contribution in [3.63, 3.8) is 0 Å². The third-order valence-electron chi connectivity index (χ3n) is 1.22. The number of nitrogens with one attached hydrogen (secondary N) is 1. The van der Waals surface area contributed by atoms with Crippen molar-refractivity contribution in [3.05, 3.63) is 23.9 Å². The Kier molecular flexibility index (Phi) is 2.37. The molecule has 0 spiro atoms. The number of carboxylic acid groups (broad SMARTS) is 1. The van der Waals surface area contributed by atoms with Crippen molar-refractivity contribution in [1.82, 2.24) is 4.98 Å². The lowest BCUT2D eigenvalue weighted by molar-refractivity contribution is -0.105. The van der Waals surface area contributed by atoms with Gasteiger partial charge in [0.05, 0.1) is 5.56 Å². The Bertz CT molecular complexity index is 294. The van der Waals surface area contributed by atoms with E-state index in [2.05, 4.69) is 10.3 Å². The molecule has 0 aliphatic rings. The molecule has 0 atom stereocenters. The molecule has 1 aromatic rings. The molecular weight excluding hydrogens is 160 g/mol. The lowest BCUT2D eigenvalue weighted by Crippen LogP contribution is -2.00. The number of aromatic carboxylic acids is 1. The Morgan fingerprint density at radius 1 is 1.58 bits per heavy atom. The van der Waals surface area contributed by atoms with Gasteiger partial charge in [-0.3, -0.25) is 4.79 Å². The van der Waals surface area contributed by atoms with E-state index in [1.807, 2.05) is 0 Å². The van der Waals surface area contributed by atoms with Crippen LogP contribution in [0.15, 0.2) is 18.3 Å². The molecule has 0 bridgehead atoms. The van der Waals surface area contributed by atoms with Crippen LogP contribution in [0.2, 0.25) is 0 Å². The van der Waals surface area contributed by atoms with Gasteiger partial charge in [0.15, 0.2) is 0 Å². The SMILES string of the molecule is O=CNc1ccc(C(=O)O)cn1. The van der Waals surface area contributed by atoms with E-state index < -0.39 is 5.97 Å². The molecule has 5 heteroatoms. The Balaban J connectivity index is 2.85. The van der Waals surface area contributed by atoms with Crippen molar-refractivity contribution < 1.29 is 14.7 Å². The van der Waals surface area contributed by atoms with Crippen molar-refractivity contribution in [2.24, 2.45) is 0 Å². The van der Waals surface area contributed by atoms with Gasteiger partial charge in [-0.15, -0.1) is 0 Å². The smallest absolute Gasteiger partial charge is 0.337 e. The van der Waals surface area contributed by atoms with Gasteiger partial charge in [0.25, 0.3) is 0 Å². The highest BCUT2D eigenvalue weighted by Crippen LogP contribution is 2.03. The molecule has 0 aromatic carbocycles. The van der Waals surface area contributed by atoms with Crippen LogP contribution in [0, 0.1) is 0 Å². The summed E-state index contributed by atoms with van der Waals surface area (Å²) in [5.41, 5.74) is 0.0893. The largest absolute Gasteiger partial charge is 0.478 e. The third kappa shape index (κ3) is 1.79. The van der Waals surface area contributed by atoms with E-state index in [1.54, 1.807) is 0 Å². The fourth-order valence-corrected chi connectivity index (χ4v) is 0.666. The van der Waals surface area contributed by atoms with Crippen LogP contribution in [0.25, 0.3) is 0 Å². The topological polar surface area (TPSA) is 79.3 Å². The van der Waals surface area contributed by atoms with Gasteiger partial charge in [0.2, 0.25) is 6.41 Å². The third-order valence-corrected chi connectivity index (χ3v) is 1.22. The zero-order valence-corrected chi connectivity index (χ0v) is 6.02. The standard InChI is InChI=1S/C7H6N2O3/c10-4-9-6-2-1-5(3-8-6)7(11)12/h1-4H,(H,11,12)(H,8,9,10). The molecule has 12 heavy (non-hydrogen) atoms. The number of aromatic nitrogens is 1. The average Bonchev–Trinajstić information content (AvgIpc) is 2.06. The van der Waals surface area contributed by atoms with Gasteiger partial charge in [-0.25, -0.2) is 9.78 Å². The van der Waals surface area contributed by atoms with Gasteiger partial charge in [-0.1, -0.05) is 0 Å². The molecule has 1 amide bonds. The predicted molar refractivity (Wildman–Crippen MR) is 40.9 cm³/mol. The van der Waals surface area contributed by atoms with Gasteiger partial charge < -0.3 is 10.4 Å². The quantitative estimate of drug-likeness (QED) is 0.635. The Labute approximate surface area is 68.0 Å². The van der Waals surface area contributed by atoms with Gasteiger partial charge in [-0.2, -0.15) is 0 Å². The summed E-state index contributed by atoms with van der Waals surface area (Å²) < 4.78 is 0. The number of carbonyl (C=O) groups excluding carboxylic acids is 1. The summed E-state index contributed by atoms with van der Waals surface area (Å²) in [6.45, 7) is 0. The number of hydrogen-bond acceptors (Lipinski definition) is 3. The first kappa shape index (κ1) is 8.19. The second-order valence-corrected chi connectivity index (χ2v) is 2.00. The highest BCUT2D eigenvalue weighted by molar-refractivity contribution is 5.87. The first-order valence-electron chi connectivity index (χ1n) is 3.13. The van der Waals surface area contributed by atoms with E-state index in [4.69, 9.17) is 5.11 Å². The Morgan fingerprint density at radius 3 is 2.75 bits per heavy atom. The molecule has 0 radical (unpaired) electrons. The minimum absolute atomic E-state index is 0.0893. The summed E-state index contributed by atoms with van der Waals surface area (Å²) in [5, 5.41) is 10.8. The van der Waals surface area contributed by atoms with E-state index in [1.165, 1.54) is 18.3 Å². The molecule has 0 fully saturated rings. The number of rotatable bonds is 3. The maximum atomic E-state index is 10.3. The second kappa shape index (κ2) is 3.47. The van der Waals surface area contributed by atoms with Crippen molar-refractivity contribution in [3.8, 4) is 0 Å². The van der Waals surface area contributed by atoms with Crippen LogP contribution in [0.4, 0.5) is 5.82 Å². The average molecular weight is 166 g/mol. The zero-order chi connectivity index (χ0) is 8.97. The Morgan fingerprint density at radius 2 is 2.33 bits per heavy atom. The number of hydrogen-bond donors (Lipinski definition) is 2. The van der Waals surface area contributed by atoms with Crippen molar-refractivity contribution in [2.45, 2.75) is 0 Å². The van der Waals surface area contributed by atoms with E-state index in [9.17, 15) is 9.59 Å². The summed E-state index contributed by atoms with van der Waals surface area (Å²) in [4.78, 5) is 23.9. The number of amides is 1. The van der Waals surface area contributed by atoms with Crippen LogP contribution in [-0.4, -0.2) is 22.5 Å². The minimum atomic E-state index is -1.04. The molecule has 5 nitrogen and oxygen atoms in total. The van der Waals surface area contributed by atoms with E-state index in [0.717, 1.165) is 0 Å². The summed E-state index contributed by atoms with van der Waals surface area (Å²) in [5.74, 6) is -0.713. The maximum Gasteiger partial charge on any atom is 0.337 e. The fourth-order valence-electron chi connectivity index (χ4n) is 0.666. The molecule has 0 aliphatic heterocycles.